The molecule has 3 rings (SSSR count). The van der Waals surface area contributed by atoms with E-state index >= 15 is 0 Å². The summed E-state index contributed by atoms with van der Waals surface area (Å²) in [6.45, 7) is 0. The van der Waals surface area contributed by atoms with Crippen LogP contribution in [0.4, 0.5) is 0 Å². The maximum absolute atomic E-state index is 4.35. The molecular weight excluding hydrogens is 249 g/mol. The van der Waals surface area contributed by atoms with E-state index in [0.29, 0.717) is 0 Å². The Hall–Kier alpha value is -1.98. The molecule has 0 bridgehead atoms. The third-order valence-corrected chi connectivity index (χ3v) is 3.60. The largest absolute Gasteiger partial charge is 0.256 e. The highest BCUT2D eigenvalue weighted by Gasteiger charge is 2.08. The maximum Gasteiger partial charge on any atom is 0.0647 e. The molecule has 1 unspecified atom stereocenters. The van der Waals surface area contributed by atoms with Crippen molar-refractivity contribution in [1.82, 2.24) is 4.98 Å². The van der Waals surface area contributed by atoms with Crippen molar-refractivity contribution >= 4 is 14.7 Å². The zero-order chi connectivity index (χ0) is 13.1. The SMILES string of the molecule is Pc1ncccc1-c1ccccc1-c1ccccc1. The monoisotopic (exact) mass is 263 g/mol. The molecule has 0 fully saturated rings. The molecule has 0 aliphatic carbocycles. The van der Waals surface area contributed by atoms with Gasteiger partial charge in [-0.3, -0.25) is 4.98 Å². The van der Waals surface area contributed by atoms with Crippen molar-refractivity contribution in [3.63, 3.8) is 0 Å². The standard InChI is InChI=1S/C17H14NP/c19-17-16(11-6-12-18-17)15-10-5-4-9-14(15)13-7-2-1-3-8-13/h1-12H,19H2. The van der Waals surface area contributed by atoms with Gasteiger partial charge in [-0.05, 0) is 22.8 Å². The minimum absolute atomic E-state index is 0.978. The minimum Gasteiger partial charge on any atom is -0.256 e. The van der Waals surface area contributed by atoms with Gasteiger partial charge in [0.25, 0.3) is 0 Å². The lowest BCUT2D eigenvalue weighted by atomic mass is 9.95. The average Bonchev–Trinajstić information content (AvgIpc) is 2.49. The Bertz CT molecular complexity index is 692. The van der Waals surface area contributed by atoms with Gasteiger partial charge in [-0.1, -0.05) is 69.9 Å². The second-order valence-corrected chi connectivity index (χ2v) is 4.89. The van der Waals surface area contributed by atoms with Crippen molar-refractivity contribution in [2.24, 2.45) is 0 Å². The predicted octanol–water partition coefficient (Wildman–Crippen LogP) is 3.92. The Morgan fingerprint density at radius 1 is 0.632 bits per heavy atom. The van der Waals surface area contributed by atoms with E-state index in [1.54, 1.807) is 0 Å². The van der Waals surface area contributed by atoms with Crippen LogP contribution in [0.3, 0.4) is 0 Å². The third-order valence-electron chi connectivity index (χ3n) is 3.14. The number of hydrogen-bond donors (Lipinski definition) is 0. The van der Waals surface area contributed by atoms with Crippen LogP contribution < -0.4 is 5.44 Å². The molecule has 1 nitrogen and oxygen atoms in total. The van der Waals surface area contributed by atoms with Crippen LogP contribution in [0, 0.1) is 0 Å². The van der Waals surface area contributed by atoms with E-state index in [4.69, 9.17) is 0 Å². The average molecular weight is 263 g/mol. The van der Waals surface area contributed by atoms with Crippen molar-refractivity contribution in [3.05, 3.63) is 72.9 Å². The van der Waals surface area contributed by atoms with Crippen molar-refractivity contribution in [3.8, 4) is 22.3 Å². The van der Waals surface area contributed by atoms with Gasteiger partial charge in [0.05, 0.1) is 5.44 Å². The molecule has 0 saturated heterocycles. The Labute approximate surface area is 115 Å². The number of benzene rings is 2. The normalized spacial score (nSPS) is 10.4. The molecule has 0 radical (unpaired) electrons. The third kappa shape index (κ3) is 2.43. The molecule has 19 heavy (non-hydrogen) atoms. The van der Waals surface area contributed by atoms with Crippen LogP contribution in [0.2, 0.25) is 0 Å². The number of rotatable bonds is 2. The molecule has 92 valence electrons. The minimum atomic E-state index is 0.978. The zero-order valence-corrected chi connectivity index (χ0v) is 11.6. The van der Waals surface area contributed by atoms with Gasteiger partial charge < -0.3 is 0 Å². The number of pyridine rings is 1. The Balaban J connectivity index is 2.21. The lowest BCUT2D eigenvalue weighted by Crippen LogP contribution is -2.01. The van der Waals surface area contributed by atoms with Crippen LogP contribution in [0.25, 0.3) is 22.3 Å². The van der Waals surface area contributed by atoms with Crippen molar-refractivity contribution in [2.75, 3.05) is 0 Å². The molecule has 0 aliphatic heterocycles. The summed E-state index contributed by atoms with van der Waals surface area (Å²) in [7, 11) is 2.71. The fourth-order valence-electron chi connectivity index (χ4n) is 2.23. The fourth-order valence-corrected chi connectivity index (χ4v) is 2.57. The van der Waals surface area contributed by atoms with Crippen molar-refractivity contribution in [1.29, 1.82) is 0 Å². The summed E-state index contributed by atoms with van der Waals surface area (Å²) >= 11 is 0. The molecule has 1 heterocycles. The summed E-state index contributed by atoms with van der Waals surface area (Å²) < 4.78 is 0. The second kappa shape index (κ2) is 5.34. The lowest BCUT2D eigenvalue weighted by molar-refractivity contribution is 1.39. The molecule has 0 aliphatic rings. The molecule has 0 saturated carbocycles. The Kier molecular flexibility index (Phi) is 3.39. The van der Waals surface area contributed by atoms with Crippen LogP contribution in [0.5, 0.6) is 0 Å². The first-order valence-electron chi connectivity index (χ1n) is 6.21. The summed E-state index contributed by atoms with van der Waals surface area (Å²) in [6.07, 6.45) is 1.82. The predicted molar refractivity (Wildman–Crippen MR) is 84.5 cm³/mol. The molecule has 2 heteroatoms. The number of nitrogens with zero attached hydrogens (tertiary/aromatic N) is 1. The van der Waals surface area contributed by atoms with Crippen molar-refractivity contribution in [2.45, 2.75) is 0 Å². The molecular formula is C17H14NP. The first-order valence-corrected chi connectivity index (χ1v) is 6.79. The van der Waals surface area contributed by atoms with Crippen LogP contribution in [0.15, 0.2) is 72.9 Å². The highest BCUT2D eigenvalue weighted by molar-refractivity contribution is 7.27. The molecule has 0 amide bonds. The summed E-state index contributed by atoms with van der Waals surface area (Å²) in [5.41, 5.74) is 5.82. The summed E-state index contributed by atoms with van der Waals surface area (Å²) in [5.74, 6) is 0. The van der Waals surface area contributed by atoms with Crippen LogP contribution in [-0.2, 0) is 0 Å². The van der Waals surface area contributed by atoms with E-state index in [-0.39, 0.29) is 0 Å². The van der Waals surface area contributed by atoms with Gasteiger partial charge in [-0.25, -0.2) is 0 Å². The first-order chi connectivity index (χ1) is 9.36. The molecule has 1 aromatic heterocycles. The van der Waals surface area contributed by atoms with E-state index < -0.39 is 0 Å². The summed E-state index contributed by atoms with van der Waals surface area (Å²) in [5, 5.41) is 0. The summed E-state index contributed by atoms with van der Waals surface area (Å²) in [4.78, 5) is 4.35. The van der Waals surface area contributed by atoms with E-state index in [1.807, 2.05) is 18.3 Å². The van der Waals surface area contributed by atoms with Crippen LogP contribution in [-0.4, -0.2) is 4.98 Å². The van der Waals surface area contributed by atoms with Crippen molar-refractivity contribution < 1.29 is 0 Å². The molecule has 0 spiro atoms. The van der Waals surface area contributed by atoms with E-state index in [0.717, 1.165) is 11.0 Å². The topological polar surface area (TPSA) is 12.9 Å². The molecule has 0 N–H and O–H groups in total. The van der Waals surface area contributed by atoms with Gasteiger partial charge in [-0.15, -0.1) is 0 Å². The highest BCUT2D eigenvalue weighted by Crippen LogP contribution is 2.31. The van der Waals surface area contributed by atoms with Gasteiger partial charge in [0.1, 0.15) is 0 Å². The number of aromatic nitrogens is 1. The zero-order valence-electron chi connectivity index (χ0n) is 10.5. The van der Waals surface area contributed by atoms with Gasteiger partial charge >= 0.3 is 0 Å². The van der Waals surface area contributed by atoms with E-state index in [9.17, 15) is 0 Å². The van der Waals surface area contributed by atoms with Gasteiger partial charge in [0.2, 0.25) is 0 Å². The van der Waals surface area contributed by atoms with Crippen LogP contribution >= 0.6 is 9.24 Å². The van der Waals surface area contributed by atoms with Crippen LogP contribution in [0.1, 0.15) is 0 Å². The Morgan fingerprint density at radius 3 is 2.00 bits per heavy atom. The van der Waals surface area contributed by atoms with Gasteiger partial charge in [-0.2, -0.15) is 0 Å². The molecule has 3 aromatic rings. The Morgan fingerprint density at radius 2 is 1.26 bits per heavy atom. The smallest absolute Gasteiger partial charge is 0.0647 e. The first kappa shape index (κ1) is 12.1. The highest BCUT2D eigenvalue weighted by atomic mass is 31.0. The van der Waals surface area contributed by atoms with E-state index in [1.165, 1.54) is 16.7 Å². The van der Waals surface area contributed by atoms with Gasteiger partial charge in [0.15, 0.2) is 0 Å². The maximum atomic E-state index is 4.35. The fraction of sp³-hybridized carbons (Fsp3) is 0. The molecule has 1 atom stereocenters. The lowest BCUT2D eigenvalue weighted by Gasteiger charge is -2.11. The molecule has 2 aromatic carbocycles. The van der Waals surface area contributed by atoms with E-state index in [2.05, 4.69) is 68.8 Å². The summed E-state index contributed by atoms with van der Waals surface area (Å²) in [6, 6.07) is 23.0. The number of hydrogen-bond acceptors (Lipinski definition) is 1. The quantitative estimate of drug-likeness (QED) is 0.639. The van der Waals surface area contributed by atoms with Gasteiger partial charge in [0, 0.05) is 11.8 Å². The second-order valence-electron chi connectivity index (χ2n) is 4.35.